The van der Waals surface area contributed by atoms with E-state index in [0.29, 0.717) is 6.04 Å². The number of hydrogen-bond acceptors (Lipinski definition) is 2. The molecule has 0 amide bonds. The van der Waals surface area contributed by atoms with E-state index < -0.39 is 0 Å². The summed E-state index contributed by atoms with van der Waals surface area (Å²) in [5.74, 6) is 0.894. The van der Waals surface area contributed by atoms with Crippen LogP contribution >= 0.6 is 0 Å². The molecule has 0 fully saturated rings. The standard InChI is InChI=1S/C19H20N2O/c1-22-18-12-5-4-10-16(18)20-17-11-6-8-14-13-7-2-3-9-15(13)21-19(14)17/h2-5,7,9-10,12,17,20-21H,6,8,11H2,1H3. The lowest BCUT2D eigenvalue weighted by Gasteiger charge is -2.25. The Bertz CT molecular complexity index is 806. The van der Waals surface area contributed by atoms with E-state index in [2.05, 4.69) is 40.6 Å². The summed E-state index contributed by atoms with van der Waals surface area (Å²) < 4.78 is 5.46. The number of anilines is 1. The largest absolute Gasteiger partial charge is 0.495 e. The van der Waals surface area contributed by atoms with Crippen molar-refractivity contribution in [2.45, 2.75) is 25.3 Å². The molecule has 0 bridgehead atoms. The van der Waals surface area contributed by atoms with Crippen LogP contribution in [0.4, 0.5) is 5.69 Å². The van der Waals surface area contributed by atoms with Gasteiger partial charge in [-0.1, -0.05) is 30.3 Å². The summed E-state index contributed by atoms with van der Waals surface area (Å²) in [6.45, 7) is 0. The predicted molar refractivity (Wildman–Crippen MR) is 90.6 cm³/mol. The molecule has 2 aromatic carbocycles. The zero-order chi connectivity index (χ0) is 14.9. The van der Waals surface area contributed by atoms with Gasteiger partial charge < -0.3 is 15.0 Å². The van der Waals surface area contributed by atoms with E-state index in [-0.39, 0.29) is 0 Å². The van der Waals surface area contributed by atoms with Crippen LogP contribution in [0.1, 0.15) is 30.1 Å². The maximum absolute atomic E-state index is 5.46. The molecule has 0 spiro atoms. The fraction of sp³-hybridized carbons (Fsp3) is 0.263. The van der Waals surface area contributed by atoms with Crippen LogP contribution < -0.4 is 10.1 Å². The lowest BCUT2D eigenvalue weighted by Crippen LogP contribution is -2.17. The summed E-state index contributed by atoms with van der Waals surface area (Å²) in [4.78, 5) is 3.62. The second-order valence-corrected chi connectivity index (χ2v) is 5.85. The van der Waals surface area contributed by atoms with Gasteiger partial charge in [0.05, 0.1) is 18.8 Å². The summed E-state index contributed by atoms with van der Waals surface area (Å²) in [6.07, 6.45) is 3.50. The number of benzene rings is 2. The highest BCUT2D eigenvalue weighted by atomic mass is 16.5. The molecular weight excluding hydrogens is 272 g/mol. The third-order valence-electron chi connectivity index (χ3n) is 4.55. The highest BCUT2D eigenvalue weighted by Gasteiger charge is 2.24. The maximum Gasteiger partial charge on any atom is 0.141 e. The number of hydrogen-bond donors (Lipinski definition) is 2. The lowest BCUT2D eigenvalue weighted by molar-refractivity contribution is 0.415. The van der Waals surface area contributed by atoms with E-state index >= 15 is 0 Å². The molecule has 0 saturated heterocycles. The average molecular weight is 292 g/mol. The smallest absolute Gasteiger partial charge is 0.141 e. The number of ether oxygens (including phenoxy) is 1. The molecule has 0 aliphatic heterocycles. The van der Waals surface area contributed by atoms with Crippen LogP contribution in [0.2, 0.25) is 0 Å². The Kier molecular flexibility index (Phi) is 3.26. The van der Waals surface area contributed by atoms with Gasteiger partial charge in [-0.15, -0.1) is 0 Å². The van der Waals surface area contributed by atoms with Crippen LogP contribution in [0.15, 0.2) is 48.5 Å². The number of rotatable bonds is 3. The second-order valence-electron chi connectivity index (χ2n) is 5.85. The highest BCUT2D eigenvalue weighted by Crippen LogP contribution is 2.38. The van der Waals surface area contributed by atoms with E-state index in [1.165, 1.54) is 28.6 Å². The van der Waals surface area contributed by atoms with Gasteiger partial charge in [0.2, 0.25) is 0 Å². The van der Waals surface area contributed by atoms with Crippen LogP contribution in [-0.4, -0.2) is 12.1 Å². The molecule has 0 saturated carbocycles. The third kappa shape index (κ3) is 2.13. The molecule has 3 aromatic rings. The van der Waals surface area contributed by atoms with Crippen molar-refractivity contribution >= 4 is 16.6 Å². The Morgan fingerprint density at radius 2 is 1.91 bits per heavy atom. The summed E-state index contributed by atoms with van der Waals surface area (Å²) in [6, 6.07) is 17.0. The first-order chi connectivity index (χ1) is 10.9. The second kappa shape index (κ2) is 5.41. The fourth-order valence-electron chi connectivity index (χ4n) is 3.51. The molecule has 2 N–H and O–H groups in total. The van der Waals surface area contributed by atoms with Gasteiger partial charge in [-0.25, -0.2) is 0 Å². The van der Waals surface area contributed by atoms with E-state index in [1.54, 1.807) is 7.11 Å². The number of aryl methyl sites for hydroxylation is 1. The average Bonchev–Trinajstić information content (AvgIpc) is 2.95. The molecule has 1 aromatic heterocycles. The van der Waals surface area contributed by atoms with Gasteiger partial charge in [0.25, 0.3) is 0 Å². The number of fused-ring (bicyclic) bond motifs is 3. The summed E-state index contributed by atoms with van der Waals surface area (Å²) >= 11 is 0. The first-order valence-corrected chi connectivity index (χ1v) is 7.86. The van der Waals surface area contributed by atoms with Crippen molar-refractivity contribution in [2.75, 3.05) is 12.4 Å². The molecule has 1 aliphatic carbocycles. The molecule has 112 valence electrons. The van der Waals surface area contributed by atoms with Crippen molar-refractivity contribution in [2.24, 2.45) is 0 Å². The van der Waals surface area contributed by atoms with Crippen LogP contribution in [0, 0.1) is 0 Å². The minimum atomic E-state index is 0.312. The highest BCUT2D eigenvalue weighted by molar-refractivity contribution is 5.85. The Morgan fingerprint density at radius 1 is 1.09 bits per heavy atom. The lowest BCUT2D eigenvalue weighted by atomic mass is 9.91. The number of aromatic amines is 1. The fourth-order valence-corrected chi connectivity index (χ4v) is 3.51. The Morgan fingerprint density at radius 3 is 2.82 bits per heavy atom. The number of aromatic nitrogens is 1. The third-order valence-corrected chi connectivity index (χ3v) is 4.55. The monoisotopic (exact) mass is 292 g/mol. The van der Waals surface area contributed by atoms with E-state index in [9.17, 15) is 0 Å². The van der Waals surface area contributed by atoms with Gasteiger partial charge in [-0.2, -0.15) is 0 Å². The van der Waals surface area contributed by atoms with Crippen LogP contribution in [-0.2, 0) is 6.42 Å². The van der Waals surface area contributed by atoms with Gasteiger partial charge in [-0.3, -0.25) is 0 Å². The summed E-state index contributed by atoms with van der Waals surface area (Å²) in [5.41, 5.74) is 5.09. The molecule has 22 heavy (non-hydrogen) atoms. The number of H-pyrrole nitrogens is 1. The van der Waals surface area contributed by atoms with E-state index in [4.69, 9.17) is 4.74 Å². The predicted octanol–water partition coefficient (Wildman–Crippen LogP) is 4.67. The molecule has 4 rings (SSSR count). The first-order valence-electron chi connectivity index (χ1n) is 7.86. The summed E-state index contributed by atoms with van der Waals surface area (Å²) in [7, 11) is 1.72. The van der Waals surface area contributed by atoms with Crippen LogP contribution in [0.5, 0.6) is 5.75 Å². The van der Waals surface area contributed by atoms with Gasteiger partial charge in [0.15, 0.2) is 0 Å². The zero-order valence-electron chi connectivity index (χ0n) is 12.7. The Balaban J connectivity index is 1.73. The molecule has 1 heterocycles. The molecular formula is C19H20N2O. The first kappa shape index (κ1) is 13.3. The molecule has 3 heteroatoms. The van der Waals surface area contributed by atoms with Crippen molar-refractivity contribution in [1.29, 1.82) is 0 Å². The van der Waals surface area contributed by atoms with Crippen molar-refractivity contribution in [3.63, 3.8) is 0 Å². The maximum atomic E-state index is 5.46. The molecule has 3 nitrogen and oxygen atoms in total. The van der Waals surface area contributed by atoms with Crippen LogP contribution in [0.25, 0.3) is 10.9 Å². The Hall–Kier alpha value is -2.42. The van der Waals surface area contributed by atoms with Crippen molar-refractivity contribution in [3.05, 3.63) is 59.8 Å². The quantitative estimate of drug-likeness (QED) is 0.736. The molecule has 1 atom stereocenters. The minimum Gasteiger partial charge on any atom is -0.495 e. The minimum absolute atomic E-state index is 0.312. The SMILES string of the molecule is COc1ccccc1NC1CCCc2c1[nH]c1ccccc21. The number of nitrogens with one attached hydrogen (secondary N) is 2. The van der Waals surface area contributed by atoms with E-state index in [1.807, 2.05) is 18.2 Å². The summed E-state index contributed by atoms with van der Waals surface area (Å²) in [5, 5.41) is 5.03. The molecule has 0 radical (unpaired) electrons. The van der Waals surface area contributed by atoms with E-state index in [0.717, 1.165) is 24.3 Å². The normalized spacial score (nSPS) is 17.2. The van der Waals surface area contributed by atoms with Gasteiger partial charge in [0.1, 0.15) is 5.75 Å². The molecule has 1 aliphatic rings. The number of methoxy groups -OCH3 is 1. The van der Waals surface area contributed by atoms with Gasteiger partial charge in [0, 0.05) is 16.6 Å². The zero-order valence-corrected chi connectivity index (χ0v) is 12.7. The Labute approximate surface area is 130 Å². The van der Waals surface area contributed by atoms with Crippen molar-refractivity contribution < 1.29 is 4.74 Å². The van der Waals surface area contributed by atoms with Crippen molar-refractivity contribution in [1.82, 2.24) is 4.98 Å². The topological polar surface area (TPSA) is 37.0 Å². The van der Waals surface area contributed by atoms with Gasteiger partial charge >= 0.3 is 0 Å². The number of para-hydroxylation sites is 3. The molecule has 1 unspecified atom stereocenters. The van der Waals surface area contributed by atoms with Gasteiger partial charge in [-0.05, 0) is 43.0 Å². The van der Waals surface area contributed by atoms with Crippen molar-refractivity contribution in [3.8, 4) is 5.75 Å². The van der Waals surface area contributed by atoms with Crippen LogP contribution in [0.3, 0.4) is 0 Å².